The number of carbonyl (C=O) groups excluding carboxylic acids is 1. The maximum Gasteiger partial charge on any atom is 0.257 e. The number of likely N-dealkylation sites (N-methyl/N-ethyl adjacent to an activating group) is 1. The number of ether oxygens (including phenoxy) is 1. The van der Waals surface area contributed by atoms with Crippen molar-refractivity contribution in [3.8, 4) is 11.3 Å². The van der Waals surface area contributed by atoms with E-state index in [0.717, 1.165) is 18.7 Å². The Kier molecular flexibility index (Phi) is 4.22. The van der Waals surface area contributed by atoms with E-state index in [1.807, 2.05) is 37.4 Å². The molecule has 1 aliphatic rings. The lowest BCUT2D eigenvalue weighted by molar-refractivity contribution is 0.0766. The Hall–Kier alpha value is -2.18. The number of nitrogens with zero attached hydrogens (tertiary/aromatic N) is 2. The summed E-state index contributed by atoms with van der Waals surface area (Å²) in [7, 11) is 3.67. The van der Waals surface area contributed by atoms with Gasteiger partial charge in [0.05, 0.1) is 12.1 Å². The van der Waals surface area contributed by atoms with Gasteiger partial charge >= 0.3 is 0 Å². The molecule has 2 heterocycles. The van der Waals surface area contributed by atoms with E-state index in [1.54, 1.807) is 7.11 Å². The van der Waals surface area contributed by atoms with E-state index in [2.05, 4.69) is 15.4 Å². The monoisotopic (exact) mass is 301 g/mol. The van der Waals surface area contributed by atoms with Crippen LogP contribution in [0.1, 0.15) is 10.4 Å². The van der Waals surface area contributed by atoms with Gasteiger partial charge in [-0.15, -0.1) is 0 Å². The average Bonchev–Trinajstić information content (AvgIpc) is 3.14. The molecule has 0 saturated carbocycles. The number of likely N-dealkylation sites (tertiary alicyclic amines) is 1. The Balaban J connectivity index is 1.78. The van der Waals surface area contributed by atoms with Crippen molar-refractivity contribution in [2.45, 2.75) is 12.1 Å². The number of hydrogen-bond acceptors (Lipinski definition) is 5. The van der Waals surface area contributed by atoms with E-state index in [9.17, 15) is 4.79 Å². The van der Waals surface area contributed by atoms with Gasteiger partial charge in [-0.05, 0) is 7.05 Å². The Morgan fingerprint density at radius 3 is 2.86 bits per heavy atom. The van der Waals surface area contributed by atoms with Crippen LogP contribution in [0, 0.1) is 0 Å². The summed E-state index contributed by atoms with van der Waals surface area (Å²) in [6, 6.07) is 9.48. The molecule has 1 saturated heterocycles. The number of amides is 1. The smallest absolute Gasteiger partial charge is 0.257 e. The summed E-state index contributed by atoms with van der Waals surface area (Å²) in [6.07, 6.45) is 1.38. The fourth-order valence-corrected chi connectivity index (χ4v) is 2.79. The van der Waals surface area contributed by atoms with E-state index in [-0.39, 0.29) is 18.1 Å². The Bertz CT molecular complexity index is 641. The van der Waals surface area contributed by atoms with Crippen LogP contribution in [-0.2, 0) is 4.74 Å². The highest BCUT2D eigenvalue weighted by Gasteiger charge is 2.33. The number of carbonyl (C=O) groups is 1. The summed E-state index contributed by atoms with van der Waals surface area (Å²) >= 11 is 0. The zero-order chi connectivity index (χ0) is 15.5. The van der Waals surface area contributed by atoms with Crippen molar-refractivity contribution in [3.05, 3.63) is 42.2 Å². The number of hydrogen-bond donors (Lipinski definition) is 1. The fourth-order valence-electron chi connectivity index (χ4n) is 2.79. The van der Waals surface area contributed by atoms with Gasteiger partial charge in [0.2, 0.25) is 0 Å². The van der Waals surface area contributed by atoms with Crippen molar-refractivity contribution in [3.63, 3.8) is 0 Å². The van der Waals surface area contributed by atoms with Crippen LogP contribution in [0.5, 0.6) is 0 Å². The van der Waals surface area contributed by atoms with Crippen LogP contribution in [-0.4, -0.2) is 55.4 Å². The predicted octanol–water partition coefficient (Wildman–Crippen LogP) is 1.40. The van der Waals surface area contributed by atoms with Gasteiger partial charge in [0.1, 0.15) is 17.5 Å². The number of methoxy groups -OCH3 is 1. The van der Waals surface area contributed by atoms with Gasteiger partial charge in [-0.3, -0.25) is 4.79 Å². The van der Waals surface area contributed by atoms with Crippen molar-refractivity contribution in [1.82, 2.24) is 15.4 Å². The summed E-state index contributed by atoms with van der Waals surface area (Å²) in [6.45, 7) is 1.56. The zero-order valence-electron chi connectivity index (χ0n) is 12.7. The molecule has 1 aromatic carbocycles. The molecule has 0 bridgehead atoms. The Labute approximate surface area is 129 Å². The van der Waals surface area contributed by atoms with Crippen molar-refractivity contribution in [2.24, 2.45) is 0 Å². The van der Waals surface area contributed by atoms with Gasteiger partial charge in [0, 0.05) is 25.8 Å². The average molecular weight is 301 g/mol. The summed E-state index contributed by atoms with van der Waals surface area (Å²) in [5, 5.41) is 6.98. The molecule has 2 aromatic rings. The number of aromatic nitrogens is 1. The molecule has 6 nitrogen and oxygen atoms in total. The molecule has 1 aliphatic heterocycles. The van der Waals surface area contributed by atoms with E-state index in [0.29, 0.717) is 11.3 Å². The van der Waals surface area contributed by atoms with E-state index >= 15 is 0 Å². The van der Waals surface area contributed by atoms with Crippen LogP contribution >= 0.6 is 0 Å². The highest BCUT2D eigenvalue weighted by atomic mass is 16.5. The molecule has 2 atom stereocenters. The van der Waals surface area contributed by atoms with Crippen LogP contribution < -0.4 is 5.32 Å². The van der Waals surface area contributed by atoms with Crippen molar-refractivity contribution < 1.29 is 14.1 Å². The second-order valence-corrected chi connectivity index (χ2v) is 5.52. The minimum Gasteiger partial charge on any atom is -0.378 e. The Morgan fingerprint density at radius 2 is 2.14 bits per heavy atom. The highest BCUT2D eigenvalue weighted by molar-refractivity contribution is 5.99. The summed E-state index contributed by atoms with van der Waals surface area (Å²) in [5.74, 6) is -0.192. The molecule has 1 fully saturated rings. The molecule has 22 heavy (non-hydrogen) atoms. The van der Waals surface area contributed by atoms with Crippen molar-refractivity contribution in [1.29, 1.82) is 0 Å². The largest absolute Gasteiger partial charge is 0.378 e. The molecule has 116 valence electrons. The van der Waals surface area contributed by atoms with Gasteiger partial charge in [-0.1, -0.05) is 35.5 Å². The normalized spacial score (nSPS) is 21.9. The maximum absolute atomic E-state index is 12.5. The molecule has 6 heteroatoms. The van der Waals surface area contributed by atoms with Crippen LogP contribution in [0.2, 0.25) is 0 Å². The van der Waals surface area contributed by atoms with Gasteiger partial charge in [-0.2, -0.15) is 0 Å². The maximum atomic E-state index is 12.5. The van der Waals surface area contributed by atoms with Gasteiger partial charge in [-0.25, -0.2) is 0 Å². The van der Waals surface area contributed by atoms with E-state index in [4.69, 9.17) is 9.26 Å². The quantitative estimate of drug-likeness (QED) is 0.924. The molecular weight excluding hydrogens is 282 g/mol. The van der Waals surface area contributed by atoms with E-state index < -0.39 is 0 Å². The first kappa shape index (κ1) is 14.7. The Morgan fingerprint density at radius 1 is 1.36 bits per heavy atom. The molecule has 1 N–H and O–H groups in total. The van der Waals surface area contributed by atoms with Crippen molar-refractivity contribution >= 4 is 5.91 Å². The molecule has 0 spiro atoms. The third kappa shape index (κ3) is 2.88. The predicted molar refractivity (Wildman–Crippen MR) is 81.5 cm³/mol. The van der Waals surface area contributed by atoms with Crippen LogP contribution in [0.4, 0.5) is 0 Å². The van der Waals surface area contributed by atoms with Gasteiger partial charge in [0.15, 0.2) is 0 Å². The molecule has 3 rings (SSSR count). The minimum absolute atomic E-state index is 0.00557. The third-order valence-electron chi connectivity index (χ3n) is 3.93. The lowest BCUT2D eigenvalue weighted by atomic mass is 10.1. The lowest BCUT2D eigenvalue weighted by Crippen LogP contribution is -2.43. The zero-order valence-corrected chi connectivity index (χ0v) is 12.7. The molecule has 0 unspecified atom stereocenters. The fraction of sp³-hybridized carbons (Fsp3) is 0.375. The first-order valence-corrected chi connectivity index (χ1v) is 7.21. The van der Waals surface area contributed by atoms with Gasteiger partial charge in [0.25, 0.3) is 5.91 Å². The number of rotatable bonds is 4. The van der Waals surface area contributed by atoms with E-state index in [1.165, 1.54) is 6.26 Å². The summed E-state index contributed by atoms with van der Waals surface area (Å²) in [5.41, 5.74) is 1.85. The number of nitrogens with one attached hydrogen (secondary N) is 1. The molecule has 1 amide bonds. The molecular formula is C16H19N3O3. The third-order valence-corrected chi connectivity index (χ3v) is 3.93. The molecule has 0 aliphatic carbocycles. The first-order valence-electron chi connectivity index (χ1n) is 7.21. The SMILES string of the molecule is CO[C@H]1CN(C)C[C@@H]1NC(=O)c1conc1-c1ccccc1. The van der Waals surface area contributed by atoms with Crippen molar-refractivity contribution in [2.75, 3.05) is 27.2 Å². The van der Waals surface area contributed by atoms with Crippen LogP contribution in [0.15, 0.2) is 41.1 Å². The van der Waals surface area contributed by atoms with Gasteiger partial charge < -0.3 is 19.5 Å². The standard InChI is InChI=1S/C16H19N3O3/c1-19-8-13(14(9-19)21-2)17-16(20)12-10-22-18-15(12)11-6-4-3-5-7-11/h3-7,10,13-14H,8-9H2,1-2H3,(H,17,20)/t13-,14-/m0/s1. The first-order chi connectivity index (χ1) is 10.7. The molecule has 0 radical (unpaired) electrons. The second-order valence-electron chi connectivity index (χ2n) is 5.52. The minimum atomic E-state index is -0.192. The summed E-state index contributed by atoms with van der Waals surface area (Å²) < 4.78 is 10.4. The second kappa shape index (κ2) is 6.29. The highest BCUT2D eigenvalue weighted by Crippen LogP contribution is 2.22. The molecule has 1 aromatic heterocycles. The number of benzene rings is 1. The summed E-state index contributed by atoms with van der Waals surface area (Å²) in [4.78, 5) is 14.7. The topological polar surface area (TPSA) is 67.6 Å². The van der Waals surface area contributed by atoms with Crippen LogP contribution in [0.3, 0.4) is 0 Å². The van der Waals surface area contributed by atoms with Crippen LogP contribution in [0.25, 0.3) is 11.3 Å². The lowest BCUT2D eigenvalue weighted by Gasteiger charge is -2.18.